The largest absolute Gasteiger partial charge is 0.481 e. The average molecular weight is 622 g/mol. The van der Waals surface area contributed by atoms with E-state index in [2.05, 4.69) is 29.4 Å². The lowest BCUT2D eigenvalue weighted by Gasteiger charge is -2.23. The molecule has 1 atom stereocenters. The molecule has 0 saturated carbocycles. The molecule has 1 aromatic rings. The number of hydrogen-bond acceptors (Lipinski definition) is 8. The first kappa shape index (κ1) is 39.6. The van der Waals surface area contributed by atoms with E-state index in [0.29, 0.717) is 24.3 Å². The Balaban J connectivity index is 2.26. The maximum atomic E-state index is 12.3. The number of carbonyl (C=O) groups excluding carboxylic acids is 1. The molecule has 0 amide bonds. The van der Waals surface area contributed by atoms with Gasteiger partial charge in [0, 0.05) is 26.4 Å². The van der Waals surface area contributed by atoms with E-state index in [1.165, 1.54) is 32.1 Å². The van der Waals surface area contributed by atoms with Gasteiger partial charge in [-0.25, -0.2) is 0 Å². The number of aliphatic carboxylic acids is 1. The summed E-state index contributed by atoms with van der Waals surface area (Å²) in [7, 11) is 1.65. The topological polar surface area (TPSA) is 125 Å². The Labute approximate surface area is 266 Å². The van der Waals surface area contributed by atoms with Crippen molar-refractivity contribution in [2.75, 3.05) is 43.9 Å². The first-order valence-electron chi connectivity index (χ1n) is 17.7. The summed E-state index contributed by atoms with van der Waals surface area (Å²) in [6, 6.07) is 0. The molecule has 0 saturated heterocycles. The number of esters is 1. The van der Waals surface area contributed by atoms with Crippen molar-refractivity contribution >= 4 is 23.3 Å². The third kappa shape index (κ3) is 18.4. The fraction of sp³-hybridized carbons (Fsp3) is 0.829. The van der Waals surface area contributed by atoms with Gasteiger partial charge in [0.25, 0.3) is 10.9 Å². The van der Waals surface area contributed by atoms with Crippen LogP contribution in [-0.4, -0.2) is 61.3 Å². The number of carbonyl (C=O) groups is 2. The van der Waals surface area contributed by atoms with Gasteiger partial charge >= 0.3 is 11.9 Å². The van der Waals surface area contributed by atoms with E-state index in [1.807, 2.05) is 0 Å². The van der Waals surface area contributed by atoms with E-state index in [4.69, 9.17) is 9.84 Å². The van der Waals surface area contributed by atoms with E-state index >= 15 is 0 Å². The van der Waals surface area contributed by atoms with Crippen LogP contribution in [0.5, 0.6) is 0 Å². The van der Waals surface area contributed by atoms with E-state index in [1.54, 1.807) is 7.05 Å². The third-order valence-corrected chi connectivity index (χ3v) is 8.47. The summed E-state index contributed by atoms with van der Waals surface area (Å²) in [6.45, 7) is 7.91. The van der Waals surface area contributed by atoms with Gasteiger partial charge in [-0.2, -0.15) is 0 Å². The highest BCUT2D eigenvalue weighted by molar-refractivity contribution is 5.73. The van der Waals surface area contributed by atoms with Crippen LogP contribution in [0.1, 0.15) is 149 Å². The number of carboxylic acids is 1. The fourth-order valence-corrected chi connectivity index (χ4v) is 5.67. The second-order valence-electron chi connectivity index (χ2n) is 12.3. The molecule has 0 aliphatic heterocycles. The third-order valence-electron chi connectivity index (χ3n) is 8.47. The number of ether oxygens (including phenoxy) is 1. The van der Waals surface area contributed by atoms with Crippen LogP contribution in [0.15, 0.2) is 9.59 Å². The minimum absolute atomic E-state index is 0.0452. The van der Waals surface area contributed by atoms with E-state index in [0.717, 1.165) is 110 Å². The fourth-order valence-electron chi connectivity index (χ4n) is 5.67. The van der Waals surface area contributed by atoms with Gasteiger partial charge < -0.3 is 25.4 Å². The number of hydrogen-bond donors (Lipinski definition) is 3. The van der Waals surface area contributed by atoms with Crippen molar-refractivity contribution in [2.24, 2.45) is 0 Å². The lowest BCUT2D eigenvalue weighted by Crippen LogP contribution is -2.37. The normalized spacial score (nSPS) is 12.1. The second-order valence-corrected chi connectivity index (χ2v) is 12.3. The van der Waals surface area contributed by atoms with Crippen LogP contribution >= 0.6 is 0 Å². The summed E-state index contributed by atoms with van der Waals surface area (Å²) in [5.41, 5.74) is -0.120. The molecule has 9 nitrogen and oxygen atoms in total. The zero-order valence-corrected chi connectivity index (χ0v) is 28.2. The van der Waals surface area contributed by atoms with Crippen LogP contribution in [0.3, 0.4) is 0 Å². The Morgan fingerprint density at radius 3 is 1.82 bits per heavy atom. The molecule has 1 aromatic carbocycles. The molecule has 0 aromatic heterocycles. The predicted octanol–water partition coefficient (Wildman–Crippen LogP) is 7.27. The molecule has 0 radical (unpaired) electrons. The van der Waals surface area contributed by atoms with Crippen molar-refractivity contribution < 1.29 is 19.4 Å². The molecule has 254 valence electrons. The van der Waals surface area contributed by atoms with Gasteiger partial charge in [0.2, 0.25) is 0 Å². The Morgan fingerprint density at radius 2 is 1.23 bits per heavy atom. The number of rotatable bonds is 31. The first-order valence-corrected chi connectivity index (χ1v) is 17.7. The molecule has 1 unspecified atom stereocenters. The smallest absolute Gasteiger partial charge is 0.306 e. The van der Waals surface area contributed by atoms with Gasteiger partial charge in [-0.15, -0.1) is 0 Å². The Kier molecular flexibility index (Phi) is 23.3. The standard InChI is InChI=1S/C35H63N3O6/c1-4-6-7-8-11-16-22-29(5-2)44-31(41)24-18-13-10-15-20-27-38(26-19-14-9-12-17-23-30(39)40)28-21-25-37-33-32(36-3)34(42)35(33)43/h29,36-37H,4-28H2,1-3H3,(H,39,40). The highest BCUT2D eigenvalue weighted by Gasteiger charge is 2.19. The van der Waals surface area contributed by atoms with Crippen LogP contribution in [-0.2, 0) is 14.3 Å². The highest BCUT2D eigenvalue weighted by atomic mass is 16.5. The van der Waals surface area contributed by atoms with Crippen LogP contribution in [0, 0.1) is 0 Å². The molecular formula is C35H63N3O6. The van der Waals surface area contributed by atoms with Gasteiger partial charge in [-0.05, 0) is 71.0 Å². The molecule has 0 aliphatic rings. The maximum absolute atomic E-state index is 12.3. The van der Waals surface area contributed by atoms with E-state index < -0.39 is 16.8 Å². The van der Waals surface area contributed by atoms with Crippen LogP contribution in [0.4, 0.5) is 11.4 Å². The summed E-state index contributed by atoms with van der Waals surface area (Å²) in [5, 5.41) is 14.7. The monoisotopic (exact) mass is 621 g/mol. The minimum Gasteiger partial charge on any atom is -0.481 e. The van der Waals surface area contributed by atoms with E-state index in [-0.39, 0.29) is 18.5 Å². The van der Waals surface area contributed by atoms with Crippen molar-refractivity contribution in [1.82, 2.24) is 4.90 Å². The average Bonchev–Trinajstić information content (AvgIpc) is 3.01. The first-order chi connectivity index (χ1) is 21.3. The lowest BCUT2D eigenvalue weighted by molar-refractivity contribution is -0.149. The van der Waals surface area contributed by atoms with Gasteiger partial charge in [-0.3, -0.25) is 19.2 Å². The summed E-state index contributed by atoms with van der Waals surface area (Å²) in [4.78, 5) is 48.9. The van der Waals surface area contributed by atoms with Crippen molar-refractivity contribution in [3.8, 4) is 0 Å². The zero-order valence-electron chi connectivity index (χ0n) is 28.2. The molecule has 9 heteroatoms. The Hall–Kier alpha value is -2.42. The van der Waals surface area contributed by atoms with Crippen LogP contribution in [0.2, 0.25) is 0 Å². The van der Waals surface area contributed by atoms with Gasteiger partial charge in [-0.1, -0.05) is 84.5 Å². The van der Waals surface area contributed by atoms with Crippen molar-refractivity contribution in [1.29, 1.82) is 0 Å². The predicted molar refractivity (Wildman–Crippen MR) is 182 cm³/mol. The quantitative estimate of drug-likeness (QED) is 0.0446. The van der Waals surface area contributed by atoms with Crippen molar-refractivity contribution in [3.63, 3.8) is 0 Å². The SMILES string of the molecule is CCCCCCCCC(CC)OC(=O)CCCCCCCN(CCCCCCCC(=O)O)CCCNc1c(NC)c(=O)c1=O. The second kappa shape index (κ2) is 25.9. The molecular weight excluding hydrogens is 558 g/mol. The molecule has 0 bridgehead atoms. The number of nitrogens with one attached hydrogen (secondary N) is 2. The Bertz CT molecular complexity index is 959. The molecule has 0 fully saturated rings. The number of anilines is 2. The maximum Gasteiger partial charge on any atom is 0.306 e. The van der Waals surface area contributed by atoms with Crippen LogP contribution < -0.4 is 21.5 Å². The van der Waals surface area contributed by atoms with Crippen LogP contribution in [0.25, 0.3) is 0 Å². The molecule has 1 rings (SSSR count). The van der Waals surface area contributed by atoms with Crippen molar-refractivity contribution in [3.05, 3.63) is 20.4 Å². The lowest BCUT2D eigenvalue weighted by atomic mass is 10.1. The molecule has 3 N–H and O–H groups in total. The van der Waals surface area contributed by atoms with E-state index in [9.17, 15) is 19.2 Å². The molecule has 44 heavy (non-hydrogen) atoms. The molecule has 0 spiro atoms. The summed E-state index contributed by atoms with van der Waals surface area (Å²) < 4.78 is 5.74. The molecule has 0 heterocycles. The highest BCUT2D eigenvalue weighted by Crippen LogP contribution is 2.16. The van der Waals surface area contributed by atoms with Gasteiger partial charge in [0.1, 0.15) is 17.5 Å². The van der Waals surface area contributed by atoms with Crippen molar-refractivity contribution in [2.45, 2.75) is 155 Å². The van der Waals surface area contributed by atoms with Gasteiger partial charge in [0.15, 0.2) is 0 Å². The number of carboxylic acid groups (broad SMARTS) is 1. The number of unbranched alkanes of at least 4 members (excludes halogenated alkanes) is 13. The Morgan fingerprint density at radius 1 is 0.705 bits per heavy atom. The number of nitrogens with zero attached hydrogens (tertiary/aromatic N) is 1. The summed E-state index contributed by atoms with van der Waals surface area (Å²) in [5.74, 6) is -0.768. The summed E-state index contributed by atoms with van der Waals surface area (Å²) >= 11 is 0. The minimum atomic E-state index is -0.723. The van der Waals surface area contributed by atoms with Gasteiger partial charge in [0.05, 0.1) is 0 Å². The summed E-state index contributed by atoms with van der Waals surface area (Å²) in [6.07, 6.45) is 21.3. The zero-order chi connectivity index (χ0) is 32.4. The molecule has 0 aliphatic carbocycles.